The summed E-state index contributed by atoms with van der Waals surface area (Å²) in [6.45, 7) is 6.72. The molecule has 0 aromatic heterocycles. The average molecular weight is 399 g/mol. The van der Waals surface area contributed by atoms with E-state index in [1.165, 1.54) is 25.7 Å². The van der Waals surface area contributed by atoms with Crippen molar-refractivity contribution in [3.8, 4) is 0 Å². The second kappa shape index (κ2) is 6.54. The number of aliphatic hydroxyl groups excluding tert-OH is 1. The zero-order chi connectivity index (χ0) is 19.6. The highest BCUT2D eigenvalue weighted by molar-refractivity contribution is 7.80. The molecule has 0 amide bonds. The minimum atomic E-state index is -4.41. The van der Waals surface area contributed by atoms with Gasteiger partial charge < -0.3 is 5.11 Å². The third kappa shape index (κ3) is 3.21. The Kier molecular flexibility index (Phi) is 4.81. The van der Waals surface area contributed by atoms with Crippen LogP contribution in [-0.4, -0.2) is 30.3 Å². The van der Waals surface area contributed by atoms with Gasteiger partial charge in [-0.25, -0.2) is 4.18 Å². The van der Waals surface area contributed by atoms with Crippen molar-refractivity contribution in [1.82, 2.24) is 0 Å². The van der Waals surface area contributed by atoms with Crippen molar-refractivity contribution in [2.24, 2.45) is 40.4 Å². The Morgan fingerprint density at radius 1 is 1.11 bits per heavy atom. The van der Waals surface area contributed by atoms with Gasteiger partial charge in [0, 0.05) is 0 Å². The first-order chi connectivity index (χ1) is 12.5. The lowest BCUT2D eigenvalue weighted by Crippen LogP contribution is -2.53. The highest BCUT2D eigenvalue weighted by Crippen LogP contribution is 2.67. The van der Waals surface area contributed by atoms with E-state index in [9.17, 15) is 13.5 Å². The van der Waals surface area contributed by atoms with Crippen molar-refractivity contribution < 1.29 is 22.3 Å². The lowest BCUT2D eigenvalue weighted by atomic mass is 9.45. The SMILES string of the molecule is CC(O)[C@H]1CC[C@H]2[C@@H]3CC[C@H]4C[C@@H](OS(=O)(=O)O)C=C[C@]4(C)[C@H]3CC[C@]12C. The third-order valence-corrected chi connectivity index (χ3v) is 9.54. The van der Waals surface area contributed by atoms with Gasteiger partial charge >= 0.3 is 10.4 Å². The van der Waals surface area contributed by atoms with Crippen LogP contribution in [0.2, 0.25) is 0 Å². The van der Waals surface area contributed by atoms with Crippen molar-refractivity contribution in [2.45, 2.75) is 77.9 Å². The average Bonchev–Trinajstić information content (AvgIpc) is 2.91. The van der Waals surface area contributed by atoms with E-state index in [0.717, 1.165) is 12.8 Å². The molecule has 3 fully saturated rings. The first-order valence-corrected chi connectivity index (χ1v) is 11.9. The second-order valence-electron chi connectivity index (χ2n) is 10.1. The Balaban J connectivity index is 1.58. The Labute approximate surface area is 163 Å². The number of rotatable bonds is 3. The molecule has 0 saturated heterocycles. The van der Waals surface area contributed by atoms with E-state index in [0.29, 0.717) is 36.0 Å². The van der Waals surface area contributed by atoms with Crippen LogP contribution in [0.25, 0.3) is 0 Å². The Morgan fingerprint density at radius 2 is 1.85 bits per heavy atom. The van der Waals surface area contributed by atoms with Crippen molar-refractivity contribution in [3.05, 3.63) is 12.2 Å². The summed E-state index contributed by atoms with van der Waals surface area (Å²) < 4.78 is 36.0. The summed E-state index contributed by atoms with van der Waals surface area (Å²) in [6, 6.07) is 0. The Hall–Kier alpha value is -0.430. The van der Waals surface area contributed by atoms with Crippen LogP contribution in [0.4, 0.5) is 0 Å². The van der Waals surface area contributed by atoms with Crippen LogP contribution in [0.5, 0.6) is 0 Å². The molecule has 4 rings (SSSR count). The highest BCUT2D eigenvalue weighted by atomic mass is 32.3. The molecule has 0 aromatic carbocycles. The van der Waals surface area contributed by atoms with Crippen molar-refractivity contribution in [2.75, 3.05) is 0 Å². The van der Waals surface area contributed by atoms with Crippen LogP contribution in [0.15, 0.2) is 12.2 Å². The fourth-order valence-corrected chi connectivity index (χ4v) is 8.29. The lowest BCUT2D eigenvalue weighted by Gasteiger charge is -2.59. The zero-order valence-corrected chi connectivity index (χ0v) is 17.5. The molecule has 0 heterocycles. The molecule has 5 nitrogen and oxygen atoms in total. The standard InChI is InChI=1S/C21H34O5S/c1-13(22)17-6-7-18-16-5-4-14-12-15(26-27(23,24)25)8-10-20(14,2)19(16)9-11-21(17,18)3/h8,10,13-19,22H,4-7,9,11-12H2,1-3H3,(H,23,24,25)/t13?,14-,15-,16-,17+,18-,19-,20-,21+/m0/s1. The summed E-state index contributed by atoms with van der Waals surface area (Å²) in [5.41, 5.74) is 0.333. The smallest absolute Gasteiger partial charge is 0.393 e. The third-order valence-electron chi connectivity index (χ3n) is 9.05. The van der Waals surface area contributed by atoms with E-state index >= 15 is 0 Å². The first-order valence-electron chi connectivity index (χ1n) is 10.6. The van der Waals surface area contributed by atoms with Gasteiger partial charge in [0.05, 0.1) is 12.2 Å². The van der Waals surface area contributed by atoms with E-state index in [4.69, 9.17) is 8.74 Å². The van der Waals surface area contributed by atoms with Crippen molar-refractivity contribution in [3.63, 3.8) is 0 Å². The number of hydrogen-bond donors (Lipinski definition) is 2. The van der Waals surface area contributed by atoms with Crippen molar-refractivity contribution >= 4 is 10.4 Å². The summed E-state index contributed by atoms with van der Waals surface area (Å²) >= 11 is 0. The Bertz CT molecular complexity index is 716. The maximum Gasteiger partial charge on any atom is 0.397 e. The maximum atomic E-state index is 11.1. The summed E-state index contributed by atoms with van der Waals surface area (Å²) in [6.07, 6.45) is 10.9. The largest absolute Gasteiger partial charge is 0.397 e. The van der Waals surface area contributed by atoms with E-state index in [1.54, 1.807) is 0 Å². The molecule has 0 spiro atoms. The molecule has 154 valence electrons. The molecule has 3 saturated carbocycles. The summed E-state index contributed by atoms with van der Waals surface area (Å²) in [5.74, 6) is 2.81. The highest BCUT2D eigenvalue weighted by Gasteiger charge is 2.60. The van der Waals surface area contributed by atoms with Gasteiger partial charge in [-0.15, -0.1) is 0 Å². The van der Waals surface area contributed by atoms with Crippen LogP contribution >= 0.6 is 0 Å². The first kappa shape index (κ1) is 19.9. The number of aliphatic hydroxyl groups is 1. The molecular weight excluding hydrogens is 364 g/mol. The van der Waals surface area contributed by atoms with Gasteiger partial charge in [0.25, 0.3) is 0 Å². The molecule has 0 bridgehead atoms. The molecule has 27 heavy (non-hydrogen) atoms. The maximum absolute atomic E-state index is 11.1. The van der Waals surface area contributed by atoms with Gasteiger partial charge in [-0.1, -0.05) is 26.0 Å². The Morgan fingerprint density at radius 3 is 2.52 bits per heavy atom. The molecule has 2 N–H and O–H groups in total. The summed E-state index contributed by atoms with van der Waals surface area (Å²) in [7, 11) is -4.41. The van der Waals surface area contributed by atoms with Crippen LogP contribution in [0, 0.1) is 40.4 Å². The molecule has 4 aliphatic carbocycles. The van der Waals surface area contributed by atoms with E-state index < -0.39 is 16.5 Å². The monoisotopic (exact) mass is 398 g/mol. The van der Waals surface area contributed by atoms with Gasteiger partial charge in [-0.05, 0) is 92.3 Å². The van der Waals surface area contributed by atoms with Crippen LogP contribution in [0.1, 0.15) is 65.7 Å². The van der Waals surface area contributed by atoms with Gasteiger partial charge in [0.1, 0.15) is 0 Å². The van der Waals surface area contributed by atoms with Crippen LogP contribution in [-0.2, 0) is 14.6 Å². The zero-order valence-electron chi connectivity index (χ0n) is 16.7. The normalized spacial score (nSPS) is 50.6. The molecule has 1 unspecified atom stereocenters. The minimum Gasteiger partial charge on any atom is -0.393 e. The molecule has 9 atom stereocenters. The van der Waals surface area contributed by atoms with Gasteiger partial charge in [0.2, 0.25) is 0 Å². The van der Waals surface area contributed by atoms with E-state index in [1.807, 2.05) is 13.0 Å². The molecule has 0 aromatic rings. The fraction of sp³-hybridized carbons (Fsp3) is 0.905. The predicted molar refractivity (Wildman–Crippen MR) is 103 cm³/mol. The number of allylic oxidation sites excluding steroid dienone is 1. The molecule has 0 aliphatic heterocycles. The second-order valence-corrected chi connectivity index (χ2v) is 11.2. The summed E-state index contributed by atoms with van der Waals surface area (Å²) in [5, 5.41) is 10.3. The van der Waals surface area contributed by atoms with E-state index in [2.05, 4.69) is 19.9 Å². The van der Waals surface area contributed by atoms with Gasteiger partial charge in [-0.3, -0.25) is 4.55 Å². The van der Waals surface area contributed by atoms with E-state index in [-0.39, 0.29) is 16.9 Å². The topological polar surface area (TPSA) is 83.8 Å². The van der Waals surface area contributed by atoms with Gasteiger partial charge in [-0.2, -0.15) is 8.42 Å². The van der Waals surface area contributed by atoms with Crippen LogP contribution in [0.3, 0.4) is 0 Å². The summed E-state index contributed by atoms with van der Waals surface area (Å²) in [4.78, 5) is 0. The quantitative estimate of drug-likeness (QED) is 0.555. The molecular formula is C21H34O5S. The minimum absolute atomic E-state index is 0.0756. The van der Waals surface area contributed by atoms with Crippen molar-refractivity contribution in [1.29, 1.82) is 0 Å². The lowest BCUT2D eigenvalue weighted by molar-refractivity contribution is -0.0959. The van der Waals surface area contributed by atoms with Crippen LogP contribution < -0.4 is 0 Å². The molecule has 6 heteroatoms. The predicted octanol–water partition coefficient (Wildman–Crippen LogP) is 3.99. The fourth-order valence-electron chi connectivity index (χ4n) is 7.84. The number of hydrogen-bond acceptors (Lipinski definition) is 4. The molecule has 4 aliphatic rings. The number of fused-ring (bicyclic) bond motifs is 5. The molecule has 0 radical (unpaired) electrons. The van der Waals surface area contributed by atoms with Gasteiger partial charge in [0.15, 0.2) is 0 Å².